The average Bonchev–Trinajstić information content (AvgIpc) is 3.00. The number of hydrogen-bond donors (Lipinski definition) is 0. The van der Waals surface area contributed by atoms with Crippen LogP contribution in [0, 0.1) is 28.6 Å². The van der Waals surface area contributed by atoms with Crippen molar-refractivity contribution in [3.8, 4) is 0 Å². The van der Waals surface area contributed by atoms with E-state index in [-0.39, 0.29) is 0 Å². The highest BCUT2D eigenvalue weighted by Gasteiger charge is 2.59. The Morgan fingerprint density at radius 1 is 1.27 bits per heavy atom. The molecule has 4 aliphatic rings. The van der Waals surface area contributed by atoms with Crippen molar-refractivity contribution in [1.82, 2.24) is 0 Å². The van der Waals surface area contributed by atoms with E-state index in [0.29, 0.717) is 10.8 Å². The Hall–Kier alpha value is -1.20. The van der Waals surface area contributed by atoms with Gasteiger partial charge in [0.2, 0.25) is 0 Å². The fourth-order valence-corrected chi connectivity index (χ4v) is 7.66. The summed E-state index contributed by atoms with van der Waals surface area (Å²) in [5.74, 6) is 3.69. The van der Waals surface area contributed by atoms with Gasteiger partial charge in [-0.1, -0.05) is 38.0 Å². The van der Waals surface area contributed by atoms with E-state index in [2.05, 4.69) is 38.3 Å². The highest BCUT2D eigenvalue weighted by molar-refractivity contribution is 5.36. The summed E-state index contributed by atoms with van der Waals surface area (Å²) in [7, 11) is 1.83. The molecule has 4 rings (SSSR count). The number of allylic oxidation sites excluding steroid dienone is 4. The van der Waals surface area contributed by atoms with Gasteiger partial charge >= 0.3 is 0 Å². The molecule has 0 N–H and O–H groups in total. The Bertz CT molecular complexity index is 676. The molecule has 1 unspecified atom stereocenters. The van der Waals surface area contributed by atoms with E-state index >= 15 is 0 Å². The van der Waals surface area contributed by atoms with Gasteiger partial charge in [-0.2, -0.15) is 0 Å². The van der Waals surface area contributed by atoms with Crippen LogP contribution < -0.4 is 0 Å². The minimum atomic E-state index is 0.429. The van der Waals surface area contributed by atoms with Crippen molar-refractivity contribution in [2.45, 2.75) is 78.1 Å². The lowest BCUT2D eigenvalue weighted by atomic mass is 9.46. The predicted octanol–water partition coefficient (Wildman–Crippen LogP) is 6.97. The lowest BCUT2D eigenvalue weighted by molar-refractivity contribution is -0.0404. The van der Waals surface area contributed by atoms with Crippen molar-refractivity contribution in [1.29, 1.82) is 0 Å². The van der Waals surface area contributed by atoms with Crippen molar-refractivity contribution in [3.63, 3.8) is 0 Å². The lowest BCUT2D eigenvalue weighted by Gasteiger charge is -2.58. The molecule has 2 saturated carbocycles. The Morgan fingerprint density at radius 2 is 2.12 bits per heavy atom. The summed E-state index contributed by atoms with van der Waals surface area (Å²) >= 11 is 0. The maximum absolute atomic E-state index is 5.58. The first-order valence-electron chi connectivity index (χ1n) is 10.9. The van der Waals surface area contributed by atoms with Crippen molar-refractivity contribution in [2.75, 3.05) is 7.11 Å². The van der Waals surface area contributed by atoms with Gasteiger partial charge in [-0.05, 0) is 92.1 Å². The van der Waals surface area contributed by atoms with E-state index in [4.69, 9.17) is 4.74 Å². The summed E-state index contributed by atoms with van der Waals surface area (Å²) in [5, 5.41) is 0. The summed E-state index contributed by atoms with van der Waals surface area (Å²) in [6, 6.07) is 0. The first-order chi connectivity index (χ1) is 12.6. The van der Waals surface area contributed by atoms with Crippen molar-refractivity contribution < 1.29 is 4.74 Å². The van der Waals surface area contributed by atoms with Gasteiger partial charge in [-0.3, -0.25) is 0 Å². The topological polar surface area (TPSA) is 9.23 Å². The quantitative estimate of drug-likeness (QED) is 0.392. The maximum atomic E-state index is 5.58. The van der Waals surface area contributed by atoms with Crippen LogP contribution in [0.5, 0.6) is 0 Å². The molecule has 0 radical (unpaired) electrons. The molecule has 0 aromatic heterocycles. The second-order valence-corrected chi connectivity index (χ2v) is 9.54. The second-order valence-electron chi connectivity index (χ2n) is 9.54. The summed E-state index contributed by atoms with van der Waals surface area (Å²) < 4.78 is 5.58. The zero-order chi connectivity index (χ0) is 18.4. The molecular formula is C25H36O. The van der Waals surface area contributed by atoms with Gasteiger partial charge in [0.1, 0.15) is 0 Å². The van der Waals surface area contributed by atoms with Crippen molar-refractivity contribution in [3.05, 3.63) is 41.4 Å². The summed E-state index contributed by atoms with van der Waals surface area (Å²) in [4.78, 5) is 0. The van der Waals surface area contributed by atoms with E-state index in [0.717, 1.165) is 30.6 Å². The minimum Gasteiger partial charge on any atom is -0.501 e. The monoisotopic (exact) mass is 352 g/mol. The van der Waals surface area contributed by atoms with E-state index in [1.54, 1.807) is 11.1 Å². The Balaban J connectivity index is 1.68. The molecule has 0 aromatic rings. The van der Waals surface area contributed by atoms with Gasteiger partial charge in [-0.15, -0.1) is 5.73 Å². The molecule has 0 aromatic carbocycles. The van der Waals surface area contributed by atoms with Crippen LogP contribution in [0.25, 0.3) is 0 Å². The Labute approximate surface area is 160 Å². The molecule has 1 nitrogen and oxygen atoms in total. The van der Waals surface area contributed by atoms with Gasteiger partial charge in [0.15, 0.2) is 0 Å². The number of rotatable bonds is 4. The predicted molar refractivity (Wildman–Crippen MR) is 109 cm³/mol. The molecule has 26 heavy (non-hydrogen) atoms. The van der Waals surface area contributed by atoms with Crippen molar-refractivity contribution in [2.24, 2.45) is 28.6 Å². The van der Waals surface area contributed by atoms with E-state index in [9.17, 15) is 0 Å². The number of ether oxygens (including phenoxy) is 1. The zero-order valence-electron chi connectivity index (χ0n) is 17.1. The maximum Gasteiger partial charge on any atom is 0.0959 e. The Morgan fingerprint density at radius 3 is 2.85 bits per heavy atom. The third-order valence-corrected chi connectivity index (χ3v) is 8.77. The molecule has 0 heterocycles. The molecule has 0 spiro atoms. The summed E-state index contributed by atoms with van der Waals surface area (Å²) in [6.07, 6.45) is 17.9. The minimum absolute atomic E-state index is 0.429. The molecular weight excluding hydrogens is 316 g/mol. The van der Waals surface area contributed by atoms with E-state index in [1.807, 2.05) is 7.11 Å². The highest BCUT2D eigenvalue weighted by atomic mass is 16.5. The largest absolute Gasteiger partial charge is 0.501 e. The highest BCUT2D eigenvalue weighted by Crippen LogP contribution is 2.68. The van der Waals surface area contributed by atoms with E-state index < -0.39 is 0 Å². The van der Waals surface area contributed by atoms with Crippen LogP contribution >= 0.6 is 0 Å². The van der Waals surface area contributed by atoms with Crippen LogP contribution in [0.15, 0.2) is 41.4 Å². The van der Waals surface area contributed by atoms with Crippen LogP contribution in [-0.2, 0) is 4.74 Å². The molecule has 0 bridgehead atoms. The standard InChI is InChI=1S/C25H36O/c1-5-7-19-9-12-23-22-11-8-18-17-20(26-4)10-13-21(18)24(22,3)15-16-25(19,23)14-6-2/h7,10,19,22-23H,1,6,8-9,11-17H2,2-4H3/t19-,22+,23+,24-,25?/m1/s1. The van der Waals surface area contributed by atoms with Crippen LogP contribution in [0.3, 0.4) is 0 Å². The van der Waals surface area contributed by atoms with Gasteiger partial charge in [-0.25, -0.2) is 0 Å². The zero-order valence-corrected chi connectivity index (χ0v) is 17.1. The van der Waals surface area contributed by atoms with Crippen LogP contribution in [0.1, 0.15) is 78.1 Å². The second kappa shape index (κ2) is 6.75. The van der Waals surface area contributed by atoms with Gasteiger partial charge in [0.05, 0.1) is 12.9 Å². The van der Waals surface area contributed by atoms with Crippen molar-refractivity contribution >= 4 is 0 Å². The first kappa shape index (κ1) is 18.2. The fraction of sp³-hybridized carbons (Fsp3) is 0.720. The molecule has 0 amide bonds. The normalized spacial score (nSPS) is 41.5. The molecule has 4 aliphatic carbocycles. The van der Waals surface area contributed by atoms with Crippen LogP contribution in [0.2, 0.25) is 0 Å². The Kier molecular flexibility index (Phi) is 4.72. The molecule has 0 saturated heterocycles. The number of methoxy groups -OCH3 is 1. The molecule has 2 fully saturated rings. The van der Waals surface area contributed by atoms with Crippen LogP contribution in [-0.4, -0.2) is 7.11 Å². The molecule has 0 aliphatic heterocycles. The summed E-state index contributed by atoms with van der Waals surface area (Å²) in [5.41, 5.74) is 7.63. The lowest BCUT2D eigenvalue weighted by Crippen LogP contribution is -2.50. The first-order valence-corrected chi connectivity index (χ1v) is 10.9. The number of hydrogen-bond acceptors (Lipinski definition) is 1. The van der Waals surface area contributed by atoms with Gasteiger partial charge < -0.3 is 4.74 Å². The van der Waals surface area contributed by atoms with Gasteiger partial charge in [0, 0.05) is 6.42 Å². The molecule has 5 atom stereocenters. The third kappa shape index (κ3) is 2.50. The molecule has 142 valence electrons. The number of fused-ring (bicyclic) bond motifs is 4. The summed E-state index contributed by atoms with van der Waals surface area (Å²) in [6.45, 7) is 8.91. The van der Waals surface area contributed by atoms with Crippen LogP contribution in [0.4, 0.5) is 0 Å². The molecule has 1 heteroatoms. The fourth-order valence-electron chi connectivity index (χ4n) is 7.66. The third-order valence-electron chi connectivity index (χ3n) is 8.77. The van der Waals surface area contributed by atoms with E-state index in [1.165, 1.54) is 57.1 Å². The average molecular weight is 353 g/mol. The SMILES string of the molecule is C=C=C[C@@H]1CC[C@H]2[C@@H]3CCC4=C(CC=C(OC)C4)[C@@]3(C)CCC12CCC. The smallest absolute Gasteiger partial charge is 0.0959 e. The van der Waals surface area contributed by atoms with Gasteiger partial charge in [0.25, 0.3) is 0 Å².